The van der Waals surface area contributed by atoms with Crippen molar-refractivity contribution in [1.29, 1.82) is 0 Å². The van der Waals surface area contributed by atoms with Gasteiger partial charge in [0.05, 0.1) is 6.04 Å². The van der Waals surface area contributed by atoms with Crippen LogP contribution in [0.25, 0.3) is 0 Å². The molecule has 134 valence electrons. The van der Waals surface area contributed by atoms with E-state index >= 15 is 0 Å². The molecule has 2 amide bonds. The molecule has 25 heavy (non-hydrogen) atoms. The fraction of sp³-hybridized carbons (Fsp3) is 0.500. The molecule has 1 aromatic heterocycles. The summed E-state index contributed by atoms with van der Waals surface area (Å²) in [5.41, 5.74) is 1.07. The summed E-state index contributed by atoms with van der Waals surface area (Å²) in [4.78, 5) is 19.3. The van der Waals surface area contributed by atoms with Crippen molar-refractivity contribution in [1.82, 2.24) is 19.8 Å². The highest BCUT2D eigenvalue weighted by molar-refractivity contribution is 5.77. The maximum atomic E-state index is 12.9. The molecule has 5 nitrogen and oxygen atoms in total. The highest BCUT2D eigenvalue weighted by Gasteiger charge is 2.54. The number of hydrogen-bond donors (Lipinski definition) is 1. The summed E-state index contributed by atoms with van der Waals surface area (Å²) < 4.78 is 2.00. The van der Waals surface area contributed by atoms with Gasteiger partial charge in [-0.1, -0.05) is 44.2 Å². The first kappa shape index (κ1) is 17.5. The number of carbonyl (C=O) groups excluding carboxylic acids is 1. The van der Waals surface area contributed by atoms with E-state index in [1.807, 2.05) is 40.9 Å². The van der Waals surface area contributed by atoms with Gasteiger partial charge >= 0.3 is 6.03 Å². The Hall–Kier alpha value is -2.30. The lowest BCUT2D eigenvalue weighted by Gasteiger charge is -2.61. The van der Waals surface area contributed by atoms with Crippen LogP contribution < -0.4 is 5.32 Å². The number of benzene rings is 1. The molecule has 0 radical (unpaired) electrons. The summed E-state index contributed by atoms with van der Waals surface area (Å²) in [7, 11) is 1.98. The maximum absolute atomic E-state index is 12.9. The Balaban J connectivity index is 1.79. The highest BCUT2D eigenvalue weighted by atomic mass is 16.2. The van der Waals surface area contributed by atoms with Crippen LogP contribution in [-0.2, 0) is 13.5 Å². The van der Waals surface area contributed by atoms with Crippen LogP contribution >= 0.6 is 0 Å². The van der Waals surface area contributed by atoms with E-state index in [0.29, 0.717) is 6.42 Å². The maximum Gasteiger partial charge on any atom is 0.318 e. The Labute approximate surface area is 150 Å². The van der Waals surface area contributed by atoms with Crippen molar-refractivity contribution >= 4 is 6.03 Å². The molecule has 2 aromatic rings. The number of aryl methyl sites for hydroxylation is 1. The number of amides is 2. The summed E-state index contributed by atoms with van der Waals surface area (Å²) in [6.45, 7) is 9.45. The van der Waals surface area contributed by atoms with Gasteiger partial charge in [0.2, 0.25) is 0 Å². The predicted octanol–water partition coefficient (Wildman–Crippen LogP) is 3.53. The molecule has 1 atom stereocenters. The molecule has 1 fully saturated rings. The lowest BCUT2D eigenvalue weighted by atomic mass is 9.65. The highest BCUT2D eigenvalue weighted by Crippen LogP contribution is 2.46. The number of nitrogens with one attached hydrogen (secondary N) is 1. The average molecular weight is 340 g/mol. The minimum absolute atomic E-state index is 0.00705. The number of likely N-dealkylation sites (tertiary alicyclic amines) is 1. The van der Waals surface area contributed by atoms with Gasteiger partial charge in [-0.15, -0.1) is 0 Å². The summed E-state index contributed by atoms with van der Waals surface area (Å²) in [5.74, 6) is 0.956. The number of carbonyl (C=O) groups is 1. The largest absolute Gasteiger partial charge is 0.338 e. The van der Waals surface area contributed by atoms with Gasteiger partial charge in [-0.3, -0.25) is 0 Å². The standard InChI is InChI=1S/C20H28N4O/c1-19(2)14-24(20(19,3)4)18(25)22-16(15-9-7-6-8-10-15)13-17-21-11-12-23(17)5/h6-12,16H,13-14H2,1-5H3,(H,22,25). The van der Waals surface area contributed by atoms with Crippen molar-refractivity contribution in [2.45, 2.75) is 45.7 Å². The van der Waals surface area contributed by atoms with Crippen LogP contribution in [0.5, 0.6) is 0 Å². The third-order valence-corrected chi connectivity index (χ3v) is 5.94. The number of nitrogens with zero attached hydrogens (tertiary/aromatic N) is 3. The van der Waals surface area contributed by atoms with Crippen molar-refractivity contribution in [3.63, 3.8) is 0 Å². The molecule has 0 aliphatic carbocycles. The zero-order chi connectivity index (χ0) is 18.2. The zero-order valence-electron chi connectivity index (χ0n) is 15.8. The first-order valence-electron chi connectivity index (χ1n) is 8.82. The fourth-order valence-electron chi connectivity index (χ4n) is 3.33. The van der Waals surface area contributed by atoms with Gasteiger partial charge < -0.3 is 14.8 Å². The molecule has 1 aliphatic rings. The van der Waals surface area contributed by atoms with E-state index in [-0.39, 0.29) is 23.0 Å². The molecular weight excluding hydrogens is 312 g/mol. The summed E-state index contributed by atoms with van der Waals surface area (Å²) >= 11 is 0. The first-order chi connectivity index (χ1) is 11.7. The van der Waals surface area contributed by atoms with E-state index in [1.165, 1.54) is 0 Å². The number of imidazole rings is 1. The molecule has 0 bridgehead atoms. The summed E-state index contributed by atoms with van der Waals surface area (Å²) in [6.07, 6.45) is 4.39. The van der Waals surface area contributed by atoms with E-state index in [4.69, 9.17) is 0 Å². The van der Waals surface area contributed by atoms with Crippen molar-refractivity contribution in [3.8, 4) is 0 Å². The van der Waals surface area contributed by atoms with Gasteiger partial charge in [0.15, 0.2) is 0 Å². The molecule has 5 heteroatoms. The molecule has 3 rings (SSSR count). The van der Waals surface area contributed by atoms with E-state index in [1.54, 1.807) is 6.20 Å². The third-order valence-electron chi connectivity index (χ3n) is 5.94. The van der Waals surface area contributed by atoms with Gasteiger partial charge in [-0.05, 0) is 19.4 Å². The third kappa shape index (κ3) is 3.15. The number of hydrogen-bond acceptors (Lipinski definition) is 2. The predicted molar refractivity (Wildman–Crippen MR) is 99.2 cm³/mol. The Morgan fingerprint density at radius 2 is 1.92 bits per heavy atom. The molecule has 0 saturated carbocycles. The SMILES string of the molecule is Cn1ccnc1CC(NC(=O)N1CC(C)(C)C1(C)C)c1ccccc1. The molecular formula is C20H28N4O. The van der Waals surface area contributed by atoms with Crippen LogP contribution in [0, 0.1) is 5.41 Å². The van der Waals surface area contributed by atoms with Crippen LogP contribution in [0.4, 0.5) is 4.79 Å². The van der Waals surface area contributed by atoms with Crippen molar-refractivity contribution < 1.29 is 4.79 Å². The van der Waals surface area contributed by atoms with Gasteiger partial charge in [0.25, 0.3) is 0 Å². The minimum atomic E-state index is -0.151. The van der Waals surface area contributed by atoms with Crippen LogP contribution in [0.1, 0.15) is 45.1 Å². The molecule has 1 aliphatic heterocycles. The smallest absolute Gasteiger partial charge is 0.318 e. The van der Waals surface area contributed by atoms with Gasteiger partial charge in [-0.2, -0.15) is 0 Å². The van der Waals surface area contributed by atoms with E-state index < -0.39 is 0 Å². The first-order valence-corrected chi connectivity index (χ1v) is 8.82. The number of urea groups is 1. The lowest BCUT2D eigenvalue weighted by molar-refractivity contribution is -0.0813. The quantitative estimate of drug-likeness (QED) is 0.925. The molecule has 1 N–H and O–H groups in total. The zero-order valence-corrected chi connectivity index (χ0v) is 15.8. The van der Waals surface area contributed by atoms with Crippen molar-refractivity contribution in [2.75, 3.05) is 6.54 Å². The number of aromatic nitrogens is 2. The molecule has 1 unspecified atom stereocenters. The van der Waals surface area contributed by atoms with Crippen molar-refractivity contribution in [2.24, 2.45) is 12.5 Å². The summed E-state index contributed by atoms with van der Waals surface area (Å²) in [5, 5.41) is 3.23. The van der Waals surface area contributed by atoms with Crippen LogP contribution in [0.3, 0.4) is 0 Å². The normalized spacial score (nSPS) is 19.2. The Morgan fingerprint density at radius 1 is 1.24 bits per heavy atom. The van der Waals surface area contributed by atoms with E-state index in [0.717, 1.165) is 17.9 Å². The number of rotatable bonds is 4. The summed E-state index contributed by atoms with van der Waals surface area (Å²) in [6, 6.07) is 10.00. The Bertz CT molecular complexity index is 748. The Kier molecular flexibility index (Phi) is 4.35. The second-order valence-electron chi connectivity index (χ2n) is 8.10. The van der Waals surface area contributed by atoms with Gasteiger partial charge in [-0.25, -0.2) is 9.78 Å². The molecule has 1 aromatic carbocycles. The Morgan fingerprint density at radius 3 is 2.44 bits per heavy atom. The lowest BCUT2D eigenvalue weighted by Crippen LogP contribution is -2.72. The van der Waals surface area contributed by atoms with Gasteiger partial charge in [0, 0.05) is 43.4 Å². The van der Waals surface area contributed by atoms with Crippen LogP contribution in [-0.4, -0.2) is 32.6 Å². The second-order valence-corrected chi connectivity index (χ2v) is 8.10. The molecule has 0 spiro atoms. The average Bonchev–Trinajstić information content (AvgIpc) is 2.97. The van der Waals surface area contributed by atoms with E-state index in [2.05, 4.69) is 50.1 Å². The van der Waals surface area contributed by atoms with Crippen LogP contribution in [0.15, 0.2) is 42.7 Å². The van der Waals surface area contributed by atoms with Crippen LogP contribution in [0.2, 0.25) is 0 Å². The molecule has 2 heterocycles. The topological polar surface area (TPSA) is 50.2 Å². The molecule has 1 saturated heterocycles. The van der Waals surface area contributed by atoms with Crippen molar-refractivity contribution in [3.05, 3.63) is 54.1 Å². The minimum Gasteiger partial charge on any atom is -0.338 e. The van der Waals surface area contributed by atoms with E-state index in [9.17, 15) is 4.79 Å². The second kappa shape index (κ2) is 6.21. The van der Waals surface area contributed by atoms with Gasteiger partial charge in [0.1, 0.15) is 5.82 Å². The monoisotopic (exact) mass is 340 g/mol. The fourth-order valence-corrected chi connectivity index (χ4v) is 3.33.